The van der Waals surface area contributed by atoms with Gasteiger partial charge in [-0.2, -0.15) is 0 Å². The number of amides is 2. The van der Waals surface area contributed by atoms with Crippen molar-refractivity contribution in [1.82, 2.24) is 10.2 Å². The SMILES string of the molecule is O=C(O)c1ccc(CNC(=O)N2CCOC(c3cccs3)C2)cc1. The number of rotatable bonds is 4. The molecule has 1 aromatic heterocycles. The van der Waals surface area contributed by atoms with Crippen molar-refractivity contribution in [1.29, 1.82) is 0 Å². The van der Waals surface area contributed by atoms with E-state index in [2.05, 4.69) is 5.32 Å². The summed E-state index contributed by atoms with van der Waals surface area (Å²) in [5.41, 5.74) is 1.09. The molecule has 2 N–H and O–H groups in total. The zero-order valence-corrected chi connectivity index (χ0v) is 13.8. The minimum Gasteiger partial charge on any atom is -0.478 e. The van der Waals surface area contributed by atoms with Gasteiger partial charge in [0.05, 0.1) is 18.7 Å². The third kappa shape index (κ3) is 3.93. The van der Waals surface area contributed by atoms with Crippen LogP contribution in [0.5, 0.6) is 0 Å². The molecule has 3 rings (SSSR count). The van der Waals surface area contributed by atoms with Gasteiger partial charge in [0.1, 0.15) is 6.10 Å². The van der Waals surface area contributed by atoms with E-state index in [1.54, 1.807) is 28.4 Å². The van der Waals surface area contributed by atoms with Gasteiger partial charge >= 0.3 is 12.0 Å². The number of carboxylic acid groups (broad SMARTS) is 1. The Labute approximate surface area is 143 Å². The van der Waals surface area contributed by atoms with E-state index >= 15 is 0 Å². The van der Waals surface area contributed by atoms with Gasteiger partial charge in [0.25, 0.3) is 0 Å². The first-order chi connectivity index (χ1) is 11.6. The van der Waals surface area contributed by atoms with Crippen molar-refractivity contribution in [3.63, 3.8) is 0 Å². The van der Waals surface area contributed by atoms with E-state index in [1.165, 1.54) is 12.1 Å². The largest absolute Gasteiger partial charge is 0.478 e. The van der Waals surface area contributed by atoms with Crippen molar-refractivity contribution in [2.75, 3.05) is 19.7 Å². The molecule has 1 atom stereocenters. The highest BCUT2D eigenvalue weighted by atomic mass is 32.1. The zero-order chi connectivity index (χ0) is 16.9. The van der Waals surface area contributed by atoms with Gasteiger partial charge in [0.2, 0.25) is 0 Å². The molecule has 1 unspecified atom stereocenters. The van der Waals surface area contributed by atoms with Gasteiger partial charge in [-0.15, -0.1) is 11.3 Å². The van der Waals surface area contributed by atoms with Crippen molar-refractivity contribution in [3.8, 4) is 0 Å². The molecule has 0 saturated carbocycles. The van der Waals surface area contributed by atoms with Gasteiger partial charge in [-0.05, 0) is 29.1 Å². The van der Waals surface area contributed by atoms with Crippen LogP contribution in [-0.4, -0.2) is 41.7 Å². The molecule has 24 heavy (non-hydrogen) atoms. The van der Waals surface area contributed by atoms with E-state index < -0.39 is 5.97 Å². The Kier molecular flexibility index (Phi) is 5.12. The fourth-order valence-electron chi connectivity index (χ4n) is 2.54. The maximum Gasteiger partial charge on any atom is 0.335 e. The second-order valence-corrected chi connectivity index (χ2v) is 6.46. The molecule has 2 heterocycles. The number of thiophene rings is 1. The van der Waals surface area contributed by atoms with Crippen LogP contribution in [0.15, 0.2) is 41.8 Å². The summed E-state index contributed by atoms with van der Waals surface area (Å²) in [6, 6.07) is 10.3. The summed E-state index contributed by atoms with van der Waals surface area (Å²) in [4.78, 5) is 26.0. The topological polar surface area (TPSA) is 78.9 Å². The van der Waals surface area contributed by atoms with E-state index in [-0.39, 0.29) is 17.7 Å². The Morgan fingerprint density at radius 2 is 2.08 bits per heavy atom. The quantitative estimate of drug-likeness (QED) is 0.892. The van der Waals surface area contributed by atoms with Gasteiger partial charge in [-0.1, -0.05) is 18.2 Å². The predicted molar refractivity (Wildman–Crippen MR) is 90.2 cm³/mol. The van der Waals surface area contributed by atoms with Crippen LogP contribution in [0.1, 0.15) is 26.9 Å². The Morgan fingerprint density at radius 3 is 2.75 bits per heavy atom. The summed E-state index contributed by atoms with van der Waals surface area (Å²) in [5.74, 6) is -0.960. The summed E-state index contributed by atoms with van der Waals surface area (Å²) < 4.78 is 5.73. The smallest absolute Gasteiger partial charge is 0.335 e. The van der Waals surface area contributed by atoms with Crippen LogP contribution in [0.2, 0.25) is 0 Å². The van der Waals surface area contributed by atoms with Gasteiger partial charge in [0, 0.05) is 18.0 Å². The third-order valence-corrected chi connectivity index (χ3v) is 4.82. The number of hydrogen-bond acceptors (Lipinski definition) is 4. The number of nitrogens with one attached hydrogen (secondary N) is 1. The molecule has 1 fully saturated rings. The maximum absolute atomic E-state index is 12.3. The van der Waals surface area contributed by atoms with Crippen LogP contribution < -0.4 is 5.32 Å². The summed E-state index contributed by atoms with van der Waals surface area (Å²) in [5, 5.41) is 13.7. The van der Waals surface area contributed by atoms with Crippen molar-refractivity contribution in [2.45, 2.75) is 12.6 Å². The molecular weight excluding hydrogens is 328 g/mol. The lowest BCUT2D eigenvalue weighted by molar-refractivity contribution is -0.0136. The van der Waals surface area contributed by atoms with Crippen molar-refractivity contribution >= 4 is 23.3 Å². The molecule has 1 aliphatic rings. The highest BCUT2D eigenvalue weighted by molar-refractivity contribution is 7.10. The fourth-order valence-corrected chi connectivity index (χ4v) is 3.30. The maximum atomic E-state index is 12.3. The Hall–Kier alpha value is -2.38. The number of morpholine rings is 1. The first-order valence-corrected chi connectivity index (χ1v) is 8.51. The lowest BCUT2D eigenvalue weighted by Crippen LogP contribution is -2.46. The molecule has 2 aromatic rings. The number of ether oxygens (including phenoxy) is 1. The first kappa shape index (κ1) is 16.5. The molecule has 6 nitrogen and oxygen atoms in total. The molecule has 1 aromatic carbocycles. The zero-order valence-electron chi connectivity index (χ0n) is 13.0. The molecular formula is C17H18N2O4S. The van der Waals surface area contributed by atoms with Gasteiger partial charge in [-0.25, -0.2) is 9.59 Å². The summed E-state index contributed by atoms with van der Waals surface area (Å²) in [6.07, 6.45) is -0.0700. The number of nitrogens with zero attached hydrogens (tertiary/aromatic N) is 1. The molecule has 0 aliphatic carbocycles. The van der Waals surface area contributed by atoms with E-state index in [1.807, 2.05) is 17.5 Å². The molecule has 0 bridgehead atoms. The van der Waals surface area contributed by atoms with Crippen LogP contribution in [0.25, 0.3) is 0 Å². The van der Waals surface area contributed by atoms with Crippen LogP contribution >= 0.6 is 11.3 Å². The highest BCUT2D eigenvalue weighted by Crippen LogP contribution is 2.25. The fraction of sp³-hybridized carbons (Fsp3) is 0.294. The molecule has 1 saturated heterocycles. The molecule has 0 radical (unpaired) electrons. The van der Waals surface area contributed by atoms with E-state index in [9.17, 15) is 9.59 Å². The van der Waals surface area contributed by atoms with Crippen molar-refractivity contribution in [3.05, 3.63) is 57.8 Å². The first-order valence-electron chi connectivity index (χ1n) is 7.63. The third-order valence-electron chi connectivity index (χ3n) is 3.86. The van der Waals surface area contributed by atoms with E-state index in [0.29, 0.717) is 26.2 Å². The van der Waals surface area contributed by atoms with Crippen LogP contribution in [0, 0.1) is 0 Å². The van der Waals surface area contributed by atoms with Crippen LogP contribution in [0.3, 0.4) is 0 Å². The lowest BCUT2D eigenvalue weighted by atomic mass is 10.1. The standard InChI is InChI=1S/C17H18N2O4S/c20-16(21)13-5-3-12(4-6-13)10-18-17(22)19-7-8-23-14(11-19)15-2-1-9-24-15/h1-6,9,14H,7-8,10-11H2,(H,18,22)(H,20,21). The van der Waals surface area contributed by atoms with Crippen LogP contribution in [0.4, 0.5) is 4.79 Å². The number of carboxylic acids is 1. The predicted octanol–water partition coefficient (Wildman–Crippen LogP) is 2.73. The van der Waals surface area contributed by atoms with Gasteiger partial charge in [-0.3, -0.25) is 0 Å². The monoisotopic (exact) mass is 346 g/mol. The van der Waals surface area contributed by atoms with Gasteiger partial charge < -0.3 is 20.1 Å². The molecule has 2 amide bonds. The number of urea groups is 1. The molecule has 7 heteroatoms. The second-order valence-electron chi connectivity index (χ2n) is 5.48. The van der Waals surface area contributed by atoms with E-state index in [4.69, 9.17) is 9.84 Å². The second kappa shape index (κ2) is 7.46. The van der Waals surface area contributed by atoms with E-state index in [0.717, 1.165) is 10.4 Å². The number of hydrogen-bond donors (Lipinski definition) is 2. The number of carbonyl (C=O) groups excluding carboxylic acids is 1. The summed E-state index contributed by atoms with van der Waals surface area (Å²) in [6.45, 7) is 1.97. The molecule has 0 spiro atoms. The van der Waals surface area contributed by atoms with Crippen molar-refractivity contribution in [2.24, 2.45) is 0 Å². The average molecular weight is 346 g/mol. The van der Waals surface area contributed by atoms with Gasteiger partial charge in [0.15, 0.2) is 0 Å². The Bertz CT molecular complexity index is 700. The average Bonchev–Trinajstić information content (AvgIpc) is 3.15. The van der Waals surface area contributed by atoms with Crippen LogP contribution in [-0.2, 0) is 11.3 Å². The molecule has 1 aliphatic heterocycles. The minimum atomic E-state index is -0.960. The number of aromatic carboxylic acids is 1. The summed E-state index contributed by atoms with van der Waals surface area (Å²) in [7, 11) is 0. The Balaban J connectivity index is 1.53. The Morgan fingerprint density at radius 1 is 1.29 bits per heavy atom. The normalized spacial score (nSPS) is 17.5. The number of benzene rings is 1. The number of carbonyl (C=O) groups is 2. The highest BCUT2D eigenvalue weighted by Gasteiger charge is 2.25. The summed E-state index contributed by atoms with van der Waals surface area (Å²) >= 11 is 1.63. The van der Waals surface area contributed by atoms with Crippen molar-refractivity contribution < 1.29 is 19.4 Å². The lowest BCUT2D eigenvalue weighted by Gasteiger charge is -2.32. The molecule has 126 valence electrons. The minimum absolute atomic E-state index is 0.0700.